The van der Waals surface area contributed by atoms with E-state index in [2.05, 4.69) is 9.97 Å². The summed E-state index contributed by atoms with van der Waals surface area (Å²) in [6, 6.07) is 4.82. The summed E-state index contributed by atoms with van der Waals surface area (Å²) in [6.45, 7) is 2.40. The van der Waals surface area contributed by atoms with Gasteiger partial charge in [-0.25, -0.2) is 22.8 Å². The van der Waals surface area contributed by atoms with Crippen molar-refractivity contribution in [2.75, 3.05) is 20.2 Å². The number of rotatable bonds is 5. The van der Waals surface area contributed by atoms with Gasteiger partial charge >= 0.3 is 6.01 Å². The molecule has 0 bridgehead atoms. The van der Waals surface area contributed by atoms with Crippen LogP contribution < -0.4 is 9.47 Å². The van der Waals surface area contributed by atoms with Gasteiger partial charge in [-0.15, -0.1) is 0 Å². The molecular weight excluding hydrogens is 361 g/mol. The molecule has 1 aliphatic rings. The maximum atomic E-state index is 12.9. The zero-order valence-corrected chi connectivity index (χ0v) is 15.4. The molecule has 2 aromatic rings. The van der Waals surface area contributed by atoms with E-state index in [1.54, 1.807) is 26.2 Å². The van der Waals surface area contributed by atoms with Crippen LogP contribution in [0.1, 0.15) is 18.4 Å². The lowest BCUT2D eigenvalue weighted by Crippen LogP contribution is -2.44. The lowest BCUT2D eigenvalue weighted by molar-refractivity contribution is 0.119. The Morgan fingerprint density at radius 2 is 2.00 bits per heavy atom. The van der Waals surface area contributed by atoms with Crippen LogP contribution in [0.4, 0.5) is 4.39 Å². The van der Waals surface area contributed by atoms with E-state index in [-0.39, 0.29) is 23.6 Å². The molecule has 2 heterocycles. The lowest BCUT2D eigenvalue weighted by Gasteiger charge is -2.31. The van der Waals surface area contributed by atoms with Gasteiger partial charge in [0, 0.05) is 6.54 Å². The van der Waals surface area contributed by atoms with E-state index < -0.39 is 15.8 Å². The highest BCUT2D eigenvalue weighted by atomic mass is 32.2. The van der Waals surface area contributed by atoms with Crippen LogP contribution in [0.25, 0.3) is 0 Å². The minimum atomic E-state index is -3.64. The molecule has 1 unspecified atom stereocenters. The van der Waals surface area contributed by atoms with Gasteiger partial charge in [0.15, 0.2) is 5.82 Å². The molecular formula is C17H20FN3O4S. The highest BCUT2D eigenvalue weighted by Gasteiger charge is 2.31. The summed E-state index contributed by atoms with van der Waals surface area (Å²) in [7, 11) is -2.10. The van der Waals surface area contributed by atoms with E-state index in [1.165, 1.54) is 10.4 Å². The third kappa shape index (κ3) is 3.94. The first-order valence-electron chi connectivity index (χ1n) is 8.19. The monoisotopic (exact) mass is 381 g/mol. The number of aryl methyl sites for hydroxylation is 1. The number of aromatic nitrogens is 2. The third-order valence-electron chi connectivity index (χ3n) is 4.21. The summed E-state index contributed by atoms with van der Waals surface area (Å²) in [6.07, 6.45) is 2.97. The normalized spacial score (nSPS) is 18.5. The van der Waals surface area contributed by atoms with Crippen molar-refractivity contribution in [3.8, 4) is 11.8 Å². The Bertz CT molecular complexity index is 874. The van der Waals surface area contributed by atoms with Crippen LogP contribution in [0.15, 0.2) is 35.5 Å². The van der Waals surface area contributed by atoms with Crippen molar-refractivity contribution in [2.45, 2.75) is 30.8 Å². The molecule has 1 aromatic carbocycles. The number of nitrogens with zero attached hydrogens (tertiary/aromatic N) is 3. The van der Waals surface area contributed by atoms with Crippen LogP contribution in [0.2, 0.25) is 0 Å². The van der Waals surface area contributed by atoms with Gasteiger partial charge in [0.2, 0.25) is 10.0 Å². The number of ether oxygens (including phenoxy) is 2. The summed E-state index contributed by atoms with van der Waals surface area (Å²) >= 11 is 0. The molecule has 0 amide bonds. The zero-order chi connectivity index (χ0) is 18.7. The second-order valence-corrected chi connectivity index (χ2v) is 8.00. The molecule has 0 aliphatic carbocycles. The van der Waals surface area contributed by atoms with Gasteiger partial charge in [0.05, 0.1) is 30.9 Å². The average molecular weight is 381 g/mol. The van der Waals surface area contributed by atoms with Crippen molar-refractivity contribution in [1.82, 2.24) is 14.3 Å². The van der Waals surface area contributed by atoms with E-state index in [9.17, 15) is 12.8 Å². The number of benzene rings is 1. The number of hydrogen-bond acceptors (Lipinski definition) is 6. The van der Waals surface area contributed by atoms with Crippen molar-refractivity contribution in [2.24, 2.45) is 0 Å². The molecule has 0 radical (unpaired) electrons. The maximum absolute atomic E-state index is 12.9. The lowest BCUT2D eigenvalue weighted by atomic mass is 10.1. The summed E-state index contributed by atoms with van der Waals surface area (Å²) in [4.78, 5) is 7.73. The number of piperidine rings is 1. The first kappa shape index (κ1) is 18.5. The van der Waals surface area contributed by atoms with Crippen molar-refractivity contribution >= 4 is 10.0 Å². The molecule has 0 N–H and O–H groups in total. The second-order valence-electron chi connectivity index (χ2n) is 6.06. The Morgan fingerprint density at radius 3 is 2.65 bits per heavy atom. The summed E-state index contributed by atoms with van der Waals surface area (Å²) < 4.78 is 50.9. The Balaban J connectivity index is 1.75. The Labute approximate surface area is 151 Å². The van der Waals surface area contributed by atoms with Crippen molar-refractivity contribution in [3.05, 3.63) is 42.0 Å². The topological polar surface area (TPSA) is 81.6 Å². The number of methoxy groups -OCH3 is 1. The second kappa shape index (κ2) is 7.55. The molecule has 1 saturated heterocycles. The van der Waals surface area contributed by atoms with Crippen LogP contribution in [-0.2, 0) is 10.0 Å². The molecule has 1 aromatic heterocycles. The van der Waals surface area contributed by atoms with Gasteiger partial charge in [-0.1, -0.05) is 0 Å². The quantitative estimate of drug-likeness (QED) is 0.790. The van der Waals surface area contributed by atoms with E-state index in [0.717, 1.165) is 18.0 Å². The molecule has 0 saturated carbocycles. The first-order valence-corrected chi connectivity index (χ1v) is 9.63. The van der Waals surface area contributed by atoms with Gasteiger partial charge in [0.25, 0.3) is 0 Å². The summed E-state index contributed by atoms with van der Waals surface area (Å²) in [5.41, 5.74) is 0.748. The maximum Gasteiger partial charge on any atom is 0.316 e. The summed E-state index contributed by atoms with van der Waals surface area (Å²) in [5, 5.41) is 0. The molecule has 3 rings (SSSR count). The Kier molecular flexibility index (Phi) is 5.38. The number of sulfonamides is 1. The SMILES string of the molecule is COc1ccc(S(=O)(=O)N2CCCC(Oc3ncc(F)cn3)C2)cc1C. The fraction of sp³-hybridized carbons (Fsp3) is 0.412. The van der Waals surface area contributed by atoms with E-state index >= 15 is 0 Å². The predicted molar refractivity (Wildman–Crippen MR) is 92.1 cm³/mol. The van der Waals surface area contributed by atoms with Gasteiger partial charge in [-0.2, -0.15) is 4.31 Å². The van der Waals surface area contributed by atoms with Gasteiger partial charge in [-0.05, 0) is 43.5 Å². The van der Waals surface area contributed by atoms with Crippen LogP contribution >= 0.6 is 0 Å². The smallest absolute Gasteiger partial charge is 0.316 e. The van der Waals surface area contributed by atoms with E-state index in [4.69, 9.17) is 9.47 Å². The minimum absolute atomic E-state index is 0.0379. The largest absolute Gasteiger partial charge is 0.496 e. The molecule has 0 spiro atoms. The Hall–Kier alpha value is -2.26. The molecule has 1 aliphatic heterocycles. The molecule has 1 atom stereocenters. The van der Waals surface area contributed by atoms with Crippen LogP contribution in [0, 0.1) is 12.7 Å². The first-order chi connectivity index (χ1) is 12.4. The van der Waals surface area contributed by atoms with Crippen molar-refractivity contribution in [1.29, 1.82) is 0 Å². The van der Waals surface area contributed by atoms with Gasteiger partial charge in [0.1, 0.15) is 11.9 Å². The number of halogens is 1. The van der Waals surface area contributed by atoms with Crippen LogP contribution in [-0.4, -0.2) is 49.0 Å². The molecule has 140 valence electrons. The molecule has 1 fully saturated rings. The zero-order valence-electron chi connectivity index (χ0n) is 14.6. The van der Waals surface area contributed by atoms with Crippen molar-refractivity contribution in [3.63, 3.8) is 0 Å². The van der Waals surface area contributed by atoms with Crippen LogP contribution in [0.3, 0.4) is 0 Å². The van der Waals surface area contributed by atoms with Gasteiger partial charge < -0.3 is 9.47 Å². The summed E-state index contributed by atoms with van der Waals surface area (Å²) in [5.74, 6) is 0.0809. The van der Waals surface area contributed by atoms with E-state index in [0.29, 0.717) is 25.1 Å². The van der Waals surface area contributed by atoms with Crippen LogP contribution in [0.5, 0.6) is 11.8 Å². The van der Waals surface area contributed by atoms with Crippen molar-refractivity contribution < 1.29 is 22.3 Å². The fourth-order valence-electron chi connectivity index (χ4n) is 2.89. The fourth-order valence-corrected chi connectivity index (χ4v) is 4.49. The average Bonchev–Trinajstić information content (AvgIpc) is 2.64. The molecule has 26 heavy (non-hydrogen) atoms. The Morgan fingerprint density at radius 1 is 1.27 bits per heavy atom. The molecule has 7 nitrogen and oxygen atoms in total. The highest BCUT2D eigenvalue weighted by molar-refractivity contribution is 7.89. The minimum Gasteiger partial charge on any atom is -0.496 e. The van der Waals surface area contributed by atoms with Gasteiger partial charge in [-0.3, -0.25) is 0 Å². The third-order valence-corrected chi connectivity index (χ3v) is 6.07. The molecule has 9 heteroatoms. The standard InChI is InChI=1S/C17H20FN3O4S/c1-12-8-15(5-6-16(12)24-2)26(22,23)21-7-3-4-14(11-21)25-17-19-9-13(18)10-20-17/h5-6,8-10,14H,3-4,7,11H2,1-2H3. The number of hydrogen-bond donors (Lipinski definition) is 0. The van der Waals surface area contributed by atoms with E-state index in [1.807, 2.05) is 0 Å². The predicted octanol–water partition coefficient (Wildman–Crippen LogP) is 2.16. The highest BCUT2D eigenvalue weighted by Crippen LogP contribution is 2.26.